The zero-order chi connectivity index (χ0) is 12.8. The van der Waals surface area contributed by atoms with Crippen LogP contribution in [0.5, 0.6) is 0 Å². The molecule has 3 rings (SSSR count). The van der Waals surface area contributed by atoms with E-state index in [0.29, 0.717) is 5.54 Å². The molecule has 1 aliphatic carbocycles. The number of rotatable bonds is 2. The molecule has 0 N–H and O–H groups in total. The first-order chi connectivity index (χ1) is 8.55. The van der Waals surface area contributed by atoms with Crippen molar-refractivity contribution >= 4 is 10.0 Å². The number of piperidine rings is 2. The molecule has 0 bridgehead atoms. The molecule has 0 atom stereocenters. The Morgan fingerprint density at radius 3 is 2.22 bits per heavy atom. The van der Waals surface area contributed by atoms with Crippen LogP contribution >= 0.6 is 0 Å². The summed E-state index contributed by atoms with van der Waals surface area (Å²) in [5, 5.41) is -0.0457. The van der Waals surface area contributed by atoms with Gasteiger partial charge in [0, 0.05) is 18.6 Å². The van der Waals surface area contributed by atoms with Gasteiger partial charge in [0.25, 0.3) is 0 Å². The van der Waals surface area contributed by atoms with E-state index >= 15 is 0 Å². The van der Waals surface area contributed by atoms with E-state index in [1.807, 2.05) is 0 Å². The quantitative estimate of drug-likeness (QED) is 0.763. The fourth-order valence-corrected chi connectivity index (χ4v) is 5.44. The van der Waals surface area contributed by atoms with Crippen molar-refractivity contribution in [1.29, 1.82) is 0 Å². The van der Waals surface area contributed by atoms with Crippen molar-refractivity contribution in [3.05, 3.63) is 0 Å². The first-order valence-electron chi connectivity index (χ1n) is 7.25. The highest BCUT2D eigenvalue weighted by Gasteiger charge is 2.45. The molecule has 2 saturated heterocycles. The van der Waals surface area contributed by atoms with Crippen LogP contribution in [0.1, 0.15) is 44.9 Å². The minimum atomic E-state index is -2.95. The molecular weight excluding hydrogens is 248 g/mol. The average molecular weight is 272 g/mol. The highest BCUT2D eigenvalue weighted by molar-refractivity contribution is 7.90. The van der Waals surface area contributed by atoms with Gasteiger partial charge >= 0.3 is 0 Å². The Kier molecular flexibility index (Phi) is 3.19. The van der Waals surface area contributed by atoms with Gasteiger partial charge in [-0.2, -0.15) is 0 Å². The van der Waals surface area contributed by atoms with E-state index in [-0.39, 0.29) is 5.25 Å². The Hall–Kier alpha value is -0.130. The maximum atomic E-state index is 12.2. The van der Waals surface area contributed by atoms with Crippen LogP contribution in [0, 0.1) is 0 Å². The normalized spacial score (nSPS) is 30.7. The molecule has 0 unspecified atom stereocenters. The molecule has 104 valence electrons. The topological polar surface area (TPSA) is 40.6 Å². The van der Waals surface area contributed by atoms with Gasteiger partial charge in [-0.15, -0.1) is 0 Å². The molecule has 1 spiro atoms. The molecule has 1 saturated carbocycles. The van der Waals surface area contributed by atoms with E-state index in [1.54, 1.807) is 4.31 Å². The van der Waals surface area contributed by atoms with Gasteiger partial charge in [-0.3, -0.25) is 0 Å². The highest BCUT2D eigenvalue weighted by Crippen LogP contribution is 2.39. The maximum Gasteiger partial charge on any atom is 0.216 e. The van der Waals surface area contributed by atoms with Crippen LogP contribution in [0.25, 0.3) is 0 Å². The number of nitrogens with zero attached hydrogens (tertiary/aromatic N) is 2. The highest BCUT2D eigenvalue weighted by atomic mass is 32.2. The van der Waals surface area contributed by atoms with Gasteiger partial charge in [0.05, 0.1) is 5.25 Å². The third-order valence-electron chi connectivity index (χ3n) is 5.15. The standard InChI is InChI=1S/C13H24N2O2S/c1-14-9-3-2-6-13(14)7-10-15(11-8-13)18(16,17)12-4-5-12/h12H,2-11H2,1H3. The first-order valence-corrected chi connectivity index (χ1v) is 8.75. The number of hydrogen-bond donors (Lipinski definition) is 0. The lowest BCUT2D eigenvalue weighted by Crippen LogP contribution is -2.57. The summed E-state index contributed by atoms with van der Waals surface area (Å²) in [5.41, 5.74) is 0.299. The van der Waals surface area contributed by atoms with Crippen LogP contribution in [-0.2, 0) is 10.0 Å². The number of sulfonamides is 1. The second kappa shape index (κ2) is 4.46. The van der Waals surface area contributed by atoms with E-state index < -0.39 is 10.0 Å². The van der Waals surface area contributed by atoms with Crippen molar-refractivity contribution in [2.24, 2.45) is 0 Å². The lowest BCUT2D eigenvalue weighted by Gasteiger charge is -2.49. The monoisotopic (exact) mass is 272 g/mol. The smallest absolute Gasteiger partial charge is 0.216 e. The summed E-state index contributed by atoms with van der Waals surface area (Å²) in [6.45, 7) is 2.65. The summed E-state index contributed by atoms with van der Waals surface area (Å²) in [6, 6.07) is 0. The zero-order valence-corrected chi connectivity index (χ0v) is 12.1. The molecule has 5 heteroatoms. The SMILES string of the molecule is CN1CCCCC12CCN(S(=O)(=O)C1CC1)CC2. The summed E-state index contributed by atoms with van der Waals surface area (Å²) in [5.74, 6) is 0. The summed E-state index contributed by atoms with van der Waals surface area (Å²) < 4.78 is 26.2. The van der Waals surface area contributed by atoms with Gasteiger partial charge in [-0.25, -0.2) is 12.7 Å². The third-order valence-corrected chi connectivity index (χ3v) is 7.55. The molecule has 0 aromatic rings. The molecule has 3 fully saturated rings. The Balaban J connectivity index is 1.67. The van der Waals surface area contributed by atoms with Gasteiger partial charge in [-0.05, 0) is 52.1 Å². The van der Waals surface area contributed by atoms with Crippen molar-refractivity contribution in [1.82, 2.24) is 9.21 Å². The lowest BCUT2D eigenvalue weighted by molar-refractivity contribution is 0.0280. The minimum absolute atomic E-state index is 0.0457. The van der Waals surface area contributed by atoms with Gasteiger partial charge in [0.15, 0.2) is 0 Å². The van der Waals surface area contributed by atoms with Crippen LogP contribution in [0.4, 0.5) is 0 Å². The van der Waals surface area contributed by atoms with Gasteiger partial charge in [0.2, 0.25) is 10.0 Å². The van der Waals surface area contributed by atoms with E-state index in [9.17, 15) is 8.42 Å². The second-order valence-electron chi connectivity index (χ2n) is 6.25. The second-order valence-corrected chi connectivity index (χ2v) is 8.46. The van der Waals surface area contributed by atoms with Gasteiger partial charge in [-0.1, -0.05) is 6.42 Å². The lowest BCUT2D eigenvalue weighted by atomic mass is 9.79. The van der Waals surface area contributed by atoms with Crippen molar-refractivity contribution in [2.75, 3.05) is 26.7 Å². The predicted octanol–water partition coefficient (Wildman–Crippen LogP) is 1.43. The third kappa shape index (κ3) is 2.10. The van der Waals surface area contributed by atoms with Crippen molar-refractivity contribution in [2.45, 2.75) is 55.7 Å². The van der Waals surface area contributed by atoms with Crippen molar-refractivity contribution in [3.8, 4) is 0 Å². The van der Waals surface area contributed by atoms with E-state index in [4.69, 9.17) is 0 Å². The van der Waals surface area contributed by atoms with Crippen LogP contribution in [-0.4, -0.2) is 55.1 Å². The first kappa shape index (κ1) is 12.9. The molecule has 4 nitrogen and oxygen atoms in total. The summed E-state index contributed by atoms with van der Waals surface area (Å²) in [7, 11) is -0.734. The van der Waals surface area contributed by atoms with Crippen LogP contribution in [0.2, 0.25) is 0 Å². The molecule has 18 heavy (non-hydrogen) atoms. The zero-order valence-electron chi connectivity index (χ0n) is 11.3. The molecular formula is C13H24N2O2S. The minimum Gasteiger partial charge on any atom is -0.301 e. The van der Waals surface area contributed by atoms with E-state index in [1.165, 1.54) is 25.8 Å². The molecule has 2 heterocycles. The Morgan fingerprint density at radius 2 is 1.67 bits per heavy atom. The van der Waals surface area contributed by atoms with Crippen molar-refractivity contribution in [3.63, 3.8) is 0 Å². The Labute approximate surface area is 110 Å². The number of likely N-dealkylation sites (tertiary alicyclic amines) is 1. The van der Waals surface area contributed by atoms with Crippen LogP contribution < -0.4 is 0 Å². The maximum absolute atomic E-state index is 12.2. The van der Waals surface area contributed by atoms with E-state index in [2.05, 4.69) is 11.9 Å². The van der Waals surface area contributed by atoms with Crippen LogP contribution in [0.15, 0.2) is 0 Å². The fourth-order valence-electron chi connectivity index (χ4n) is 3.60. The molecule has 2 aliphatic heterocycles. The van der Waals surface area contributed by atoms with Gasteiger partial charge in [0.1, 0.15) is 0 Å². The Morgan fingerprint density at radius 1 is 1.00 bits per heavy atom. The van der Waals surface area contributed by atoms with Crippen molar-refractivity contribution < 1.29 is 8.42 Å². The van der Waals surface area contributed by atoms with E-state index in [0.717, 1.165) is 38.8 Å². The summed E-state index contributed by atoms with van der Waals surface area (Å²) in [4.78, 5) is 2.48. The summed E-state index contributed by atoms with van der Waals surface area (Å²) in [6.07, 6.45) is 7.65. The van der Waals surface area contributed by atoms with Gasteiger partial charge < -0.3 is 4.90 Å². The molecule has 0 aromatic carbocycles. The largest absolute Gasteiger partial charge is 0.301 e. The average Bonchev–Trinajstić information content (AvgIpc) is 3.18. The summed E-state index contributed by atoms with van der Waals surface area (Å²) >= 11 is 0. The molecule has 0 radical (unpaired) electrons. The molecule has 3 aliphatic rings. The fraction of sp³-hybridized carbons (Fsp3) is 1.00. The Bertz CT molecular complexity index is 409. The molecule has 0 amide bonds. The van der Waals surface area contributed by atoms with Crippen LogP contribution in [0.3, 0.4) is 0 Å². The molecule has 0 aromatic heterocycles. The predicted molar refractivity (Wildman–Crippen MR) is 72.0 cm³/mol. The number of hydrogen-bond acceptors (Lipinski definition) is 3.